The molecule has 1 N–H and O–H groups in total. The Balaban J connectivity index is 2.09. The number of carbonyl (C=O) groups excluding carboxylic acids is 1. The molecule has 1 fully saturated rings. The summed E-state index contributed by atoms with van der Waals surface area (Å²) < 4.78 is 5.15. The molecule has 0 radical (unpaired) electrons. The first kappa shape index (κ1) is 14.0. The number of nitro benzene ring substituents is 1. The summed E-state index contributed by atoms with van der Waals surface area (Å²) in [6.45, 7) is 2.12. The van der Waals surface area contributed by atoms with E-state index in [4.69, 9.17) is 4.74 Å². The molecule has 0 spiro atoms. The summed E-state index contributed by atoms with van der Waals surface area (Å²) in [4.78, 5) is 23.5. The Morgan fingerprint density at radius 1 is 1.40 bits per heavy atom. The first-order chi connectivity index (χ1) is 9.58. The van der Waals surface area contributed by atoms with Gasteiger partial charge >= 0.3 is 5.69 Å². The molecular weight excluding hydrogens is 264 g/mol. The number of nitrogens with zero attached hydrogens (tertiary/aromatic N) is 2. The summed E-state index contributed by atoms with van der Waals surface area (Å²) in [7, 11) is 0. The lowest BCUT2D eigenvalue weighted by atomic mass is 10.1. The van der Waals surface area contributed by atoms with Gasteiger partial charge in [0.05, 0.1) is 18.1 Å². The Morgan fingerprint density at radius 3 is 2.75 bits per heavy atom. The van der Waals surface area contributed by atoms with E-state index in [0.29, 0.717) is 31.9 Å². The van der Waals surface area contributed by atoms with E-state index in [1.165, 1.54) is 30.4 Å². The Bertz CT molecular complexity index is 550. The van der Waals surface area contributed by atoms with Crippen LogP contribution < -0.4 is 0 Å². The SMILES string of the molecule is O=C(/C=C/c1ccc(O)c([N+](=O)[O-])c1)N1CCOCC1. The maximum absolute atomic E-state index is 11.9. The van der Waals surface area contributed by atoms with Gasteiger partial charge in [-0.15, -0.1) is 0 Å². The topological polar surface area (TPSA) is 92.9 Å². The van der Waals surface area contributed by atoms with Crippen molar-refractivity contribution in [3.8, 4) is 5.75 Å². The maximum atomic E-state index is 11.9. The first-order valence-electron chi connectivity index (χ1n) is 6.10. The van der Waals surface area contributed by atoms with Crippen LogP contribution in [0.2, 0.25) is 0 Å². The van der Waals surface area contributed by atoms with Crippen LogP contribution in [-0.4, -0.2) is 47.1 Å². The van der Waals surface area contributed by atoms with Crippen LogP contribution in [0.1, 0.15) is 5.56 Å². The average Bonchev–Trinajstić information content (AvgIpc) is 2.46. The molecule has 1 amide bonds. The van der Waals surface area contributed by atoms with Gasteiger partial charge in [0.25, 0.3) is 0 Å². The lowest BCUT2D eigenvalue weighted by Crippen LogP contribution is -2.39. The number of benzene rings is 1. The summed E-state index contributed by atoms with van der Waals surface area (Å²) in [5, 5.41) is 20.0. The fourth-order valence-electron chi connectivity index (χ4n) is 1.85. The standard InChI is InChI=1S/C13H14N2O5/c16-12-3-1-10(9-11(12)15(18)19)2-4-13(17)14-5-7-20-8-6-14/h1-4,9,16H,5-8H2/b4-2+. The average molecular weight is 278 g/mol. The van der Waals surface area contributed by atoms with Crippen molar-refractivity contribution in [1.82, 2.24) is 4.90 Å². The van der Waals surface area contributed by atoms with Crippen molar-refractivity contribution in [2.45, 2.75) is 0 Å². The van der Waals surface area contributed by atoms with E-state index in [1.54, 1.807) is 4.90 Å². The summed E-state index contributed by atoms with van der Waals surface area (Å²) in [5.41, 5.74) is 0.0991. The number of amides is 1. The van der Waals surface area contributed by atoms with Crippen LogP contribution in [-0.2, 0) is 9.53 Å². The molecule has 2 rings (SSSR count). The zero-order chi connectivity index (χ0) is 14.5. The number of hydrogen-bond donors (Lipinski definition) is 1. The Kier molecular flexibility index (Phi) is 4.31. The van der Waals surface area contributed by atoms with Crippen molar-refractivity contribution in [2.24, 2.45) is 0 Å². The zero-order valence-corrected chi connectivity index (χ0v) is 10.7. The van der Waals surface area contributed by atoms with Crippen molar-refractivity contribution in [3.63, 3.8) is 0 Å². The van der Waals surface area contributed by atoms with Crippen LogP contribution in [0.4, 0.5) is 5.69 Å². The van der Waals surface area contributed by atoms with E-state index in [9.17, 15) is 20.0 Å². The number of phenolic OH excluding ortho intramolecular Hbond substituents is 1. The number of morpholine rings is 1. The van der Waals surface area contributed by atoms with E-state index < -0.39 is 10.7 Å². The largest absolute Gasteiger partial charge is 0.502 e. The van der Waals surface area contributed by atoms with Gasteiger partial charge in [0.15, 0.2) is 5.75 Å². The van der Waals surface area contributed by atoms with Gasteiger partial charge in [0, 0.05) is 25.2 Å². The van der Waals surface area contributed by atoms with Crippen LogP contribution in [0.25, 0.3) is 6.08 Å². The molecule has 1 heterocycles. The van der Waals surface area contributed by atoms with Crippen LogP contribution in [0.15, 0.2) is 24.3 Å². The van der Waals surface area contributed by atoms with Crippen LogP contribution >= 0.6 is 0 Å². The Hall–Kier alpha value is -2.41. The van der Waals surface area contributed by atoms with E-state index in [0.717, 1.165) is 0 Å². The van der Waals surface area contributed by atoms with Gasteiger partial charge in [-0.2, -0.15) is 0 Å². The molecule has 0 unspecified atom stereocenters. The fourth-order valence-corrected chi connectivity index (χ4v) is 1.85. The van der Waals surface area contributed by atoms with Crippen molar-refractivity contribution >= 4 is 17.7 Å². The van der Waals surface area contributed by atoms with Crippen molar-refractivity contribution in [1.29, 1.82) is 0 Å². The molecule has 20 heavy (non-hydrogen) atoms. The summed E-state index contributed by atoms with van der Waals surface area (Å²) in [6.07, 6.45) is 2.85. The minimum atomic E-state index is -0.670. The lowest BCUT2D eigenvalue weighted by molar-refractivity contribution is -0.385. The molecular formula is C13H14N2O5. The normalized spacial score (nSPS) is 15.5. The summed E-state index contributed by atoms with van der Waals surface area (Å²) in [6, 6.07) is 3.96. The highest BCUT2D eigenvalue weighted by Gasteiger charge is 2.15. The summed E-state index contributed by atoms with van der Waals surface area (Å²) >= 11 is 0. The second-order valence-electron chi connectivity index (χ2n) is 4.28. The van der Waals surface area contributed by atoms with E-state index in [-0.39, 0.29) is 11.6 Å². The number of hydrogen-bond acceptors (Lipinski definition) is 5. The number of phenols is 1. The number of ether oxygens (including phenoxy) is 1. The zero-order valence-electron chi connectivity index (χ0n) is 10.7. The Morgan fingerprint density at radius 2 is 2.10 bits per heavy atom. The van der Waals surface area contributed by atoms with Gasteiger partial charge in [-0.25, -0.2) is 0 Å². The molecule has 7 heteroatoms. The van der Waals surface area contributed by atoms with Gasteiger partial charge < -0.3 is 14.7 Å². The molecule has 0 saturated carbocycles. The third-order valence-corrected chi connectivity index (χ3v) is 2.94. The third kappa shape index (κ3) is 3.33. The highest BCUT2D eigenvalue weighted by molar-refractivity contribution is 5.92. The van der Waals surface area contributed by atoms with E-state index in [2.05, 4.69) is 0 Å². The van der Waals surface area contributed by atoms with E-state index >= 15 is 0 Å². The Labute approximate surface area is 115 Å². The van der Waals surface area contributed by atoms with Gasteiger partial charge in [-0.1, -0.05) is 6.07 Å². The minimum absolute atomic E-state index is 0.163. The highest BCUT2D eigenvalue weighted by Crippen LogP contribution is 2.26. The first-order valence-corrected chi connectivity index (χ1v) is 6.10. The number of nitro groups is 1. The predicted octanol–water partition coefficient (Wildman–Crippen LogP) is 1.17. The molecule has 1 aliphatic rings. The monoisotopic (exact) mass is 278 g/mol. The van der Waals surface area contributed by atoms with Crippen molar-refractivity contribution in [3.05, 3.63) is 40.0 Å². The van der Waals surface area contributed by atoms with Crippen LogP contribution in [0.3, 0.4) is 0 Å². The van der Waals surface area contributed by atoms with Crippen LogP contribution in [0.5, 0.6) is 5.75 Å². The fraction of sp³-hybridized carbons (Fsp3) is 0.308. The smallest absolute Gasteiger partial charge is 0.311 e. The number of rotatable bonds is 3. The maximum Gasteiger partial charge on any atom is 0.311 e. The number of aromatic hydroxyl groups is 1. The van der Waals surface area contributed by atoms with Gasteiger partial charge in [0.2, 0.25) is 5.91 Å². The van der Waals surface area contributed by atoms with Crippen molar-refractivity contribution in [2.75, 3.05) is 26.3 Å². The quantitative estimate of drug-likeness (QED) is 0.509. The van der Waals surface area contributed by atoms with Crippen LogP contribution in [0, 0.1) is 10.1 Å². The van der Waals surface area contributed by atoms with E-state index in [1.807, 2.05) is 0 Å². The van der Waals surface area contributed by atoms with Crippen molar-refractivity contribution < 1.29 is 19.6 Å². The second-order valence-corrected chi connectivity index (χ2v) is 4.28. The molecule has 0 aromatic heterocycles. The van der Waals surface area contributed by atoms with Gasteiger partial charge in [-0.05, 0) is 17.7 Å². The minimum Gasteiger partial charge on any atom is -0.502 e. The molecule has 106 valence electrons. The third-order valence-electron chi connectivity index (χ3n) is 2.94. The molecule has 1 aromatic carbocycles. The highest BCUT2D eigenvalue weighted by atomic mass is 16.6. The second kappa shape index (κ2) is 6.16. The molecule has 1 saturated heterocycles. The molecule has 0 atom stereocenters. The molecule has 0 aliphatic carbocycles. The predicted molar refractivity (Wildman–Crippen MR) is 71.2 cm³/mol. The van der Waals surface area contributed by atoms with Gasteiger partial charge in [-0.3, -0.25) is 14.9 Å². The molecule has 7 nitrogen and oxygen atoms in total. The summed E-state index contributed by atoms with van der Waals surface area (Å²) in [5.74, 6) is -0.560. The van der Waals surface area contributed by atoms with Gasteiger partial charge in [0.1, 0.15) is 0 Å². The number of carbonyl (C=O) groups is 1. The molecule has 1 aliphatic heterocycles. The molecule has 0 bridgehead atoms. The molecule has 1 aromatic rings. The lowest BCUT2D eigenvalue weighted by Gasteiger charge is -2.25.